The van der Waals surface area contributed by atoms with Gasteiger partial charge >= 0.3 is 0 Å². The number of aromatic nitrogens is 3. The predicted octanol–water partition coefficient (Wildman–Crippen LogP) is 5.25. The molecule has 4 aromatic rings. The molecule has 1 amide bonds. The van der Waals surface area contributed by atoms with E-state index in [2.05, 4.69) is 35.4 Å². The Morgan fingerprint density at radius 3 is 2.69 bits per heavy atom. The summed E-state index contributed by atoms with van der Waals surface area (Å²) in [4.78, 5) is 20.1. The Hall–Kier alpha value is -3.25. The first-order chi connectivity index (χ1) is 15.7. The molecule has 0 radical (unpaired) electrons. The summed E-state index contributed by atoms with van der Waals surface area (Å²) >= 11 is 1.72. The highest BCUT2D eigenvalue weighted by Gasteiger charge is 2.34. The van der Waals surface area contributed by atoms with Crippen molar-refractivity contribution in [1.82, 2.24) is 19.7 Å². The topological polar surface area (TPSA) is 51.0 Å². The number of benzene rings is 2. The number of amides is 1. The van der Waals surface area contributed by atoms with E-state index in [4.69, 9.17) is 4.98 Å². The lowest BCUT2D eigenvalue weighted by Gasteiger charge is -2.29. The fraction of sp³-hybridized carbons (Fsp3) is 0.269. The smallest absolute Gasteiger partial charge is 0.226 e. The number of nitrogens with zero attached hydrogens (tertiary/aromatic N) is 4. The summed E-state index contributed by atoms with van der Waals surface area (Å²) < 4.78 is 3.11. The molecule has 2 aromatic heterocycles. The molecule has 0 saturated carbocycles. The van der Waals surface area contributed by atoms with Gasteiger partial charge in [0.2, 0.25) is 5.91 Å². The van der Waals surface area contributed by atoms with Crippen LogP contribution in [0.25, 0.3) is 10.2 Å². The van der Waals surface area contributed by atoms with Crippen molar-refractivity contribution in [3.63, 3.8) is 0 Å². The largest absolute Gasteiger partial charge is 0.341 e. The van der Waals surface area contributed by atoms with E-state index < -0.39 is 0 Å². The van der Waals surface area contributed by atoms with E-state index in [-0.39, 0.29) is 17.7 Å². The third kappa shape index (κ3) is 4.36. The SMILES string of the molecule is CN(Cc1cnn(Cc2ccccc2)c1)C(=O)[C@H]1CC=CC[C@@H]1c1nc2ccccc2s1. The molecule has 6 heteroatoms. The Morgan fingerprint density at radius 2 is 1.84 bits per heavy atom. The molecule has 0 aliphatic heterocycles. The van der Waals surface area contributed by atoms with Crippen LogP contribution in [-0.2, 0) is 17.9 Å². The summed E-state index contributed by atoms with van der Waals surface area (Å²) in [6, 6.07) is 18.5. The van der Waals surface area contributed by atoms with Gasteiger partial charge in [-0.3, -0.25) is 9.48 Å². The quantitative estimate of drug-likeness (QED) is 0.383. The Kier molecular flexibility index (Phi) is 5.86. The van der Waals surface area contributed by atoms with Gasteiger partial charge in [-0.25, -0.2) is 4.98 Å². The van der Waals surface area contributed by atoms with Gasteiger partial charge < -0.3 is 4.90 Å². The average Bonchev–Trinajstić information content (AvgIpc) is 3.46. The Morgan fingerprint density at radius 1 is 1.06 bits per heavy atom. The number of fused-ring (bicyclic) bond motifs is 1. The van der Waals surface area contributed by atoms with Crippen LogP contribution in [0, 0.1) is 5.92 Å². The summed E-state index contributed by atoms with van der Waals surface area (Å²) in [6.07, 6.45) is 9.84. The van der Waals surface area contributed by atoms with Gasteiger partial charge in [0.05, 0.1) is 33.9 Å². The molecule has 2 atom stereocenters. The molecular formula is C26H26N4OS. The summed E-state index contributed by atoms with van der Waals surface area (Å²) in [5.74, 6) is 0.229. The number of thiazole rings is 1. The zero-order valence-electron chi connectivity index (χ0n) is 18.1. The van der Waals surface area contributed by atoms with Crippen LogP contribution in [-0.4, -0.2) is 32.6 Å². The lowest BCUT2D eigenvalue weighted by atomic mass is 9.82. The lowest BCUT2D eigenvalue weighted by Crippen LogP contribution is -2.36. The molecule has 0 N–H and O–H groups in total. The summed E-state index contributed by atoms with van der Waals surface area (Å²) in [7, 11) is 1.89. The number of carbonyl (C=O) groups is 1. The number of rotatable bonds is 6. The van der Waals surface area contributed by atoms with E-state index in [1.165, 1.54) is 10.3 Å². The van der Waals surface area contributed by atoms with Gasteiger partial charge in [0.15, 0.2) is 0 Å². The van der Waals surface area contributed by atoms with E-state index >= 15 is 0 Å². The van der Waals surface area contributed by atoms with Crippen LogP contribution in [0.4, 0.5) is 0 Å². The molecule has 2 aromatic carbocycles. The maximum Gasteiger partial charge on any atom is 0.226 e. The Labute approximate surface area is 192 Å². The van der Waals surface area contributed by atoms with Crippen LogP contribution in [0.1, 0.15) is 34.9 Å². The van der Waals surface area contributed by atoms with Crippen molar-refractivity contribution in [3.8, 4) is 0 Å². The van der Waals surface area contributed by atoms with Gasteiger partial charge in [0.25, 0.3) is 0 Å². The molecule has 1 aliphatic carbocycles. The van der Waals surface area contributed by atoms with Gasteiger partial charge in [-0.2, -0.15) is 5.10 Å². The highest BCUT2D eigenvalue weighted by atomic mass is 32.1. The van der Waals surface area contributed by atoms with Crippen LogP contribution in [0.5, 0.6) is 0 Å². The number of hydrogen-bond donors (Lipinski definition) is 0. The lowest BCUT2D eigenvalue weighted by molar-refractivity contribution is -0.135. The van der Waals surface area contributed by atoms with E-state index in [0.717, 1.165) is 35.5 Å². The zero-order valence-corrected chi connectivity index (χ0v) is 18.9. The standard InChI is InChI=1S/C26H26N4OS/c1-29(16-20-15-27-30(18-20)17-19-9-3-2-4-10-19)26(31)22-12-6-5-11-21(22)25-28-23-13-7-8-14-24(23)32-25/h2-10,13-15,18,21-22H,11-12,16-17H2,1H3/t21-,22-/m0/s1. The minimum Gasteiger partial charge on any atom is -0.341 e. The van der Waals surface area contributed by atoms with Crippen molar-refractivity contribution in [1.29, 1.82) is 0 Å². The average molecular weight is 443 g/mol. The van der Waals surface area contributed by atoms with Crippen molar-refractivity contribution in [2.24, 2.45) is 5.92 Å². The second-order valence-corrected chi connectivity index (χ2v) is 9.46. The van der Waals surface area contributed by atoms with Crippen LogP contribution in [0.3, 0.4) is 0 Å². The number of hydrogen-bond acceptors (Lipinski definition) is 4. The number of allylic oxidation sites excluding steroid dienone is 2. The van der Waals surface area contributed by atoms with Crippen LogP contribution in [0.15, 0.2) is 79.1 Å². The van der Waals surface area contributed by atoms with E-state index in [9.17, 15) is 4.79 Å². The molecule has 0 fully saturated rings. The van der Waals surface area contributed by atoms with Crippen LogP contribution >= 0.6 is 11.3 Å². The van der Waals surface area contributed by atoms with Crippen molar-refractivity contribution >= 4 is 27.5 Å². The first kappa shape index (κ1) is 20.6. The van der Waals surface area contributed by atoms with Gasteiger partial charge in [0.1, 0.15) is 0 Å². The highest BCUT2D eigenvalue weighted by molar-refractivity contribution is 7.18. The van der Waals surface area contributed by atoms with Crippen molar-refractivity contribution in [2.45, 2.75) is 31.8 Å². The number of carbonyl (C=O) groups excluding carboxylic acids is 1. The summed E-state index contributed by atoms with van der Waals surface area (Å²) in [5.41, 5.74) is 3.27. The van der Waals surface area contributed by atoms with E-state index in [1.807, 2.05) is 65.4 Å². The molecule has 0 saturated heterocycles. The third-order valence-corrected chi connectivity index (χ3v) is 7.22. The molecule has 0 unspecified atom stereocenters. The molecule has 0 bridgehead atoms. The van der Waals surface area contributed by atoms with Gasteiger partial charge in [-0.05, 0) is 30.5 Å². The molecule has 2 heterocycles. The molecular weight excluding hydrogens is 416 g/mol. The third-order valence-electron chi connectivity index (χ3n) is 6.05. The molecule has 162 valence electrons. The van der Waals surface area contributed by atoms with Gasteiger partial charge in [-0.15, -0.1) is 11.3 Å². The summed E-state index contributed by atoms with van der Waals surface area (Å²) in [5, 5.41) is 5.55. The maximum atomic E-state index is 13.4. The van der Waals surface area contributed by atoms with E-state index in [1.54, 1.807) is 11.3 Å². The normalized spacial score (nSPS) is 18.2. The summed E-state index contributed by atoms with van der Waals surface area (Å²) in [6.45, 7) is 1.28. The minimum absolute atomic E-state index is 0.0788. The zero-order chi connectivity index (χ0) is 21.9. The highest BCUT2D eigenvalue weighted by Crippen LogP contribution is 2.39. The van der Waals surface area contributed by atoms with E-state index in [0.29, 0.717) is 6.54 Å². The van der Waals surface area contributed by atoms with Gasteiger partial charge in [0, 0.05) is 31.3 Å². The van der Waals surface area contributed by atoms with Crippen LogP contribution < -0.4 is 0 Å². The monoisotopic (exact) mass is 442 g/mol. The fourth-order valence-electron chi connectivity index (χ4n) is 4.39. The molecule has 5 rings (SSSR count). The predicted molar refractivity (Wildman–Crippen MR) is 128 cm³/mol. The number of para-hydroxylation sites is 1. The van der Waals surface area contributed by atoms with Gasteiger partial charge in [-0.1, -0.05) is 54.6 Å². The first-order valence-corrected chi connectivity index (χ1v) is 11.8. The van der Waals surface area contributed by atoms with Crippen molar-refractivity contribution < 1.29 is 4.79 Å². The fourth-order valence-corrected chi connectivity index (χ4v) is 5.53. The molecule has 1 aliphatic rings. The van der Waals surface area contributed by atoms with Crippen molar-refractivity contribution in [2.75, 3.05) is 7.05 Å². The van der Waals surface area contributed by atoms with Crippen molar-refractivity contribution in [3.05, 3.63) is 95.3 Å². The van der Waals surface area contributed by atoms with Crippen LogP contribution in [0.2, 0.25) is 0 Å². The first-order valence-electron chi connectivity index (χ1n) is 11.0. The second kappa shape index (κ2) is 9.09. The maximum absolute atomic E-state index is 13.4. The molecule has 32 heavy (non-hydrogen) atoms. The molecule has 5 nitrogen and oxygen atoms in total. The minimum atomic E-state index is -0.0788. The second-order valence-electron chi connectivity index (χ2n) is 8.40. The molecule has 0 spiro atoms. The Balaban J connectivity index is 1.28. The Bertz CT molecular complexity index is 1210.